The van der Waals surface area contributed by atoms with Gasteiger partial charge in [-0.05, 0) is 30.5 Å². The minimum absolute atomic E-state index is 0.000359. The third-order valence-corrected chi connectivity index (χ3v) is 3.73. The zero-order valence-electron chi connectivity index (χ0n) is 10.7. The molecule has 1 aromatic carbocycles. The lowest BCUT2D eigenvalue weighted by Crippen LogP contribution is -2.43. The molecule has 0 saturated carbocycles. The van der Waals surface area contributed by atoms with Crippen molar-refractivity contribution in [3.63, 3.8) is 0 Å². The summed E-state index contributed by atoms with van der Waals surface area (Å²) in [5.41, 5.74) is 0.972. The van der Waals surface area contributed by atoms with Crippen molar-refractivity contribution in [1.29, 1.82) is 0 Å². The molecule has 2 nitrogen and oxygen atoms in total. The topological polar surface area (TPSA) is 21.3 Å². The van der Waals surface area contributed by atoms with Crippen molar-refractivity contribution in [1.82, 2.24) is 5.32 Å². The zero-order valence-corrected chi connectivity index (χ0v) is 12.3. The molecule has 0 aliphatic carbocycles. The highest BCUT2D eigenvalue weighted by molar-refractivity contribution is 6.33. The van der Waals surface area contributed by atoms with Gasteiger partial charge in [0.15, 0.2) is 0 Å². The van der Waals surface area contributed by atoms with Gasteiger partial charge in [0.1, 0.15) is 0 Å². The standard InChI is InChI=1S/C14H19Cl2NO/c1-9(2)5-11-8-18-14(7-17-11)12-6-10(15)3-4-13(12)16/h3-4,6,9,11,14,17H,5,7-8H2,1-2H3. The minimum atomic E-state index is -0.000359. The predicted octanol–water partition coefficient (Wildman–Crippen LogP) is 4.07. The van der Waals surface area contributed by atoms with Crippen LogP contribution in [0.15, 0.2) is 18.2 Å². The fraction of sp³-hybridized carbons (Fsp3) is 0.571. The summed E-state index contributed by atoms with van der Waals surface area (Å²) in [5.74, 6) is 0.678. The van der Waals surface area contributed by atoms with E-state index in [2.05, 4.69) is 19.2 Å². The Labute approximate surface area is 119 Å². The van der Waals surface area contributed by atoms with Gasteiger partial charge in [0, 0.05) is 28.2 Å². The van der Waals surface area contributed by atoms with Crippen LogP contribution in [-0.2, 0) is 4.74 Å². The lowest BCUT2D eigenvalue weighted by molar-refractivity contribution is -0.00125. The molecule has 1 N–H and O–H groups in total. The fourth-order valence-corrected chi connectivity index (χ4v) is 2.73. The van der Waals surface area contributed by atoms with Crippen molar-refractivity contribution in [3.8, 4) is 0 Å². The Balaban J connectivity index is 1.99. The Kier molecular flexibility index (Phi) is 4.91. The van der Waals surface area contributed by atoms with Gasteiger partial charge in [0.2, 0.25) is 0 Å². The summed E-state index contributed by atoms with van der Waals surface area (Å²) in [7, 11) is 0. The van der Waals surface area contributed by atoms with Gasteiger partial charge in [-0.3, -0.25) is 0 Å². The Morgan fingerprint density at radius 1 is 1.39 bits per heavy atom. The molecule has 1 aliphatic rings. The molecule has 0 aromatic heterocycles. The summed E-state index contributed by atoms with van der Waals surface area (Å²) in [5, 5.41) is 4.93. The number of nitrogens with one attached hydrogen (secondary N) is 1. The van der Waals surface area contributed by atoms with E-state index in [1.54, 1.807) is 6.07 Å². The number of benzene rings is 1. The van der Waals surface area contributed by atoms with Crippen molar-refractivity contribution in [3.05, 3.63) is 33.8 Å². The first kappa shape index (κ1) is 14.1. The third kappa shape index (κ3) is 3.61. The van der Waals surface area contributed by atoms with E-state index in [-0.39, 0.29) is 6.10 Å². The maximum absolute atomic E-state index is 6.18. The number of morpholine rings is 1. The second-order valence-corrected chi connectivity index (χ2v) is 6.07. The van der Waals surface area contributed by atoms with E-state index in [9.17, 15) is 0 Å². The van der Waals surface area contributed by atoms with Crippen LogP contribution in [0.5, 0.6) is 0 Å². The molecule has 1 heterocycles. The van der Waals surface area contributed by atoms with E-state index in [0.29, 0.717) is 22.0 Å². The first-order chi connectivity index (χ1) is 8.56. The molecule has 0 amide bonds. The molecule has 1 aliphatic heterocycles. The van der Waals surface area contributed by atoms with Gasteiger partial charge < -0.3 is 10.1 Å². The fourth-order valence-electron chi connectivity index (χ4n) is 2.31. The van der Waals surface area contributed by atoms with Crippen LogP contribution in [0.3, 0.4) is 0 Å². The first-order valence-electron chi connectivity index (χ1n) is 6.36. The highest BCUT2D eigenvalue weighted by atomic mass is 35.5. The molecule has 2 atom stereocenters. The van der Waals surface area contributed by atoms with Crippen LogP contribution >= 0.6 is 23.2 Å². The minimum Gasteiger partial charge on any atom is -0.371 e. The molecule has 100 valence electrons. The average Bonchev–Trinajstić information content (AvgIpc) is 2.33. The largest absolute Gasteiger partial charge is 0.371 e. The maximum atomic E-state index is 6.18. The highest BCUT2D eigenvalue weighted by Crippen LogP contribution is 2.30. The van der Waals surface area contributed by atoms with Gasteiger partial charge >= 0.3 is 0 Å². The predicted molar refractivity (Wildman–Crippen MR) is 76.4 cm³/mol. The smallest absolute Gasteiger partial charge is 0.0964 e. The molecule has 18 heavy (non-hydrogen) atoms. The summed E-state index contributed by atoms with van der Waals surface area (Å²) in [6.07, 6.45) is 1.13. The Morgan fingerprint density at radius 3 is 2.78 bits per heavy atom. The van der Waals surface area contributed by atoms with Gasteiger partial charge in [-0.25, -0.2) is 0 Å². The zero-order chi connectivity index (χ0) is 13.1. The third-order valence-electron chi connectivity index (χ3n) is 3.15. The van der Waals surface area contributed by atoms with Crippen molar-refractivity contribution in [2.24, 2.45) is 5.92 Å². The monoisotopic (exact) mass is 287 g/mol. The van der Waals surface area contributed by atoms with Gasteiger partial charge in [-0.15, -0.1) is 0 Å². The Hall–Kier alpha value is -0.280. The lowest BCUT2D eigenvalue weighted by Gasteiger charge is -2.32. The van der Waals surface area contributed by atoms with Gasteiger partial charge in [-0.2, -0.15) is 0 Å². The molecule has 1 fully saturated rings. The molecule has 2 rings (SSSR count). The second kappa shape index (κ2) is 6.25. The summed E-state index contributed by atoms with van der Waals surface area (Å²) < 4.78 is 5.91. The molecule has 0 bridgehead atoms. The normalized spacial score (nSPS) is 24.5. The number of rotatable bonds is 3. The van der Waals surface area contributed by atoms with Gasteiger partial charge in [0.05, 0.1) is 12.7 Å². The van der Waals surface area contributed by atoms with Gasteiger partial charge in [-0.1, -0.05) is 37.0 Å². The van der Waals surface area contributed by atoms with E-state index in [0.717, 1.165) is 25.1 Å². The van der Waals surface area contributed by atoms with Crippen molar-refractivity contribution >= 4 is 23.2 Å². The van der Waals surface area contributed by atoms with Crippen molar-refractivity contribution in [2.45, 2.75) is 32.4 Å². The second-order valence-electron chi connectivity index (χ2n) is 5.22. The maximum Gasteiger partial charge on any atom is 0.0964 e. The quantitative estimate of drug-likeness (QED) is 0.905. The average molecular weight is 288 g/mol. The Morgan fingerprint density at radius 2 is 2.17 bits per heavy atom. The molecule has 0 spiro atoms. The number of ether oxygens (including phenoxy) is 1. The van der Waals surface area contributed by atoms with Crippen LogP contribution in [-0.4, -0.2) is 19.2 Å². The molecule has 2 unspecified atom stereocenters. The Bertz CT molecular complexity index is 401. The molecule has 4 heteroatoms. The van der Waals surface area contributed by atoms with Crippen molar-refractivity contribution < 1.29 is 4.74 Å². The molecule has 1 aromatic rings. The number of hydrogen-bond acceptors (Lipinski definition) is 2. The van der Waals surface area contributed by atoms with E-state index in [4.69, 9.17) is 27.9 Å². The number of hydrogen-bond donors (Lipinski definition) is 1. The first-order valence-corrected chi connectivity index (χ1v) is 7.11. The highest BCUT2D eigenvalue weighted by Gasteiger charge is 2.24. The number of halogens is 2. The van der Waals surface area contributed by atoms with Gasteiger partial charge in [0.25, 0.3) is 0 Å². The van der Waals surface area contributed by atoms with Crippen LogP contribution in [0.1, 0.15) is 31.9 Å². The van der Waals surface area contributed by atoms with Crippen molar-refractivity contribution in [2.75, 3.05) is 13.2 Å². The van der Waals surface area contributed by atoms with E-state index in [1.165, 1.54) is 0 Å². The van der Waals surface area contributed by atoms with Crippen LogP contribution < -0.4 is 5.32 Å². The molecular weight excluding hydrogens is 269 g/mol. The van der Waals surface area contributed by atoms with E-state index >= 15 is 0 Å². The summed E-state index contributed by atoms with van der Waals surface area (Å²) in [6, 6.07) is 5.95. The van der Waals surface area contributed by atoms with Crippen LogP contribution in [0, 0.1) is 5.92 Å². The molecule has 1 saturated heterocycles. The molecular formula is C14H19Cl2NO. The van der Waals surface area contributed by atoms with E-state index < -0.39 is 0 Å². The molecule has 0 radical (unpaired) electrons. The summed E-state index contributed by atoms with van der Waals surface area (Å²) in [6.45, 7) is 5.96. The van der Waals surface area contributed by atoms with E-state index in [1.807, 2.05) is 12.1 Å². The van der Waals surface area contributed by atoms with Crippen LogP contribution in [0.2, 0.25) is 10.0 Å². The summed E-state index contributed by atoms with van der Waals surface area (Å²) >= 11 is 12.2. The summed E-state index contributed by atoms with van der Waals surface area (Å²) in [4.78, 5) is 0. The lowest BCUT2D eigenvalue weighted by atomic mass is 10.0. The van der Waals surface area contributed by atoms with Crippen LogP contribution in [0.25, 0.3) is 0 Å². The SMILES string of the molecule is CC(C)CC1COC(c2cc(Cl)ccc2Cl)CN1. The van der Waals surface area contributed by atoms with Crippen LogP contribution in [0.4, 0.5) is 0 Å².